The first-order valence-electron chi connectivity index (χ1n) is 8.78. The Balaban J connectivity index is 1.72. The van der Waals surface area contributed by atoms with E-state index in [1.807, 2.05) is 11.3 Å². The summed E-state index contributed by atoms with van der Waals surface area (Å²) in [6.45, 7) is 5.51. The molecule has 0 radical (unpaired) electrons. The zero-order valence-electron chi connectivity index (χ0n) is 13.4. The molecular weight excluding hydrogens is 276 g/mol. The summed E-state index contributed by atoms with van der Waals surface area (Å²) in [5.41, 5.74) is 8.16. The molecule has 2 nitrogen and oxygen atoms in total. The van der Waals surface area contributed by atoms with Crippen LogP contribution < -0.4 is 5.73 Å². The molecule has 2 N–H and O–H groups in total. The van der Waals surface area contributed by atoms with Gasteiger partial charge in [-0.2, -0.15) is 0 Å². The van der Waals surface area contributed by atoms with E-state index in [1.54, 1.807) is 10.4 Å². The summed E-state index contributed by atoms with van der Waals surface area (Å²) in [5.74, 6) is 0.949. The normalized spacial score (nSPS) is 30.9. The van der Waals surface area contributed by atoms with E-state index in [4.69, 9.17) is 5.73 Å². The van der Waals surface area contributed by atoms with Crippen molar-refractivity contribution in [1.82, 2.24) is 4.90 Å². The maximum absolute atomic E-state index is 6.31. The van der Waals surface area contributed by atoms with Gasteiger partial charge in [-0.15, -0.1) is 11.3 Å². The molecular formula is C18H30N2S. The highest BCUT2D eigenvalue weighted by Crippen LogP contribution is 2.38. The number of hydrogen-bond donors (Lipinski definition) is 1. The lowest BCUT2D eigenvalue weighted by atomic mass is 9.85. The summed E-state index contributed by atoms with van der Waals surface area (Å²) in [7, 11) is 0. The van der Waals surface area contributed by atoms with Crippen molar-refractivity contribution < 1.29 is 0 Å². The van der Waals surface area contributed by atoms with Crippen molar-refractivity contribution in [1.29, 1.82) is 0 Å². The molecule has 0 spiro atoms. The van der Waals surface area contributed by atoms with E-state index in [1.165, 1.54) is 57.9 Å². The summed E-state index contributed by atoms with van der Waals surface area (Å²) < 4.78 is 0. The van der Waals surface area contributed by atoms with Crippen molar-refractivity contribution in [3.63, 3.8) is 0 Å². The first kappa shape index (κ1) is 15.5. The summed E-state index contributed by atoms with van der Waals surface area (Å²) in [6.07, 6.45) is 10.8. The average molecular weight is 307 g/mol. The van der Waals surface area contributed by atoms with Crippen LogP contribution in [-0.4, -0.2) is 23.5 Å². The number of fused-ring (bicyclic) bond motifs is 1. The fourth-order valence-corrected chi connectivity index (χ4v) is 5.35. The van der Waals surface area contributed by atoms with Gasteiger partial charge in [-0.3, -0.25) is 4.90 Å². The number of hydrogen-bond acceptors (Lipinski definition) is 3. The largest absolute Gasteiger partial charge is 0.329 e. The van der Waals surface area contributed by atoms with Crippen molar-refractivity contribution in [2.24, 2.45) is 11.7 Å². The highest BCUT2D eigenvalue weighted by atomic mass is 32.1. The van der Waals surface area contributed by atoms with E-state index in [0.29, 0.717) is 0 Å². The number of nitrogens with two attached hydrogens (primary N) is 1. The molecule has 0 amide bonds. The lowest BCUT2D eigenvalue weighted by molar-refractivity contribution is 0.0639. The predicted octanol–water partition coefficient (Wildman–Crippen LogP) is 4.18. The van der Waals surface area contributed by atoms with Crippen LogP contribution in [0.3, 0.4) is 0 Å². The Kier molecular flexibility index (Phi) is 5.03. The van der Waals surface area contributed by atoms with Gasteiger partial charge in [-0.1, -0.05) is 32.6 Å². The van der Waals surface area contributed by atoms with Crippen LogP contribution in [-0.2, 0) is 13.0 Å². The topological polar surface area (TPSA) is 29.3 Å². The van der Waals surface area contributed by atoms with Crippen LogP contribution in [0.2, 0.25) is 0 Å². The molecule has 0 saturated heterocycles. The standard InChI is InChI=1S/C18H30N2S/c1-2-4-15-5-3-9-18(14-19,10-6-15)20-11-7-17-16(13-20)8-12-21-17/h8,12,15H,2-7,9-11,13-14,19H2,1H3. The van der Waals surface area contributed by atoms with Crippen LogP contribution in [0.5, 0.6) is 0 Å². The van der Waals surface area contributed by atoms with Crippen LogP contribution in [0, 0.1) is 5.92 Å². The lowest BCUT2D eigenvalue weighted by Crippen LogP contribution is -2.54. The van der Waals surface area contributed by atoms with Gasteiger partial charge >= 0.3 is 0 Å². The van der Waals surface area contributed by atoms with Gasteiger partial charge in [0, 0.05) is 30.1 Å². The molecule has 21 heavy (non-hydrogen) atoms. The highest BCUT2D eigenvalue weighted by molar-refractivity contribution is 7.10. The molecule has 1 aliphatic heterocycles. The van der Waals surface area contributed by atoms with E-state index in [9.17, 15) is 0 Å². The van der Waals surface area contributed by atoms with Gasteiger partial charge in [0.25, 0.3) is 0 Å². The van der Waals surface area contributed by atoms with E-state index >= 15 is 0 Å². The van der Waals surface area contributed by atoms with E-state index < -0.39 is 0 Å². The SMILES string of the molecule is CCCC1CCCC(CN)(N2CCc3sccc3C2)CC1. The Hall–Kier alpha value is -0.380. The van der Waals surface area contributed by atoms with E-state index in [-0.39, 0.29) is 5.54 Å². The second-order valence-electron chi connectivity index (χ2n) is 7.05. The molecule has 1 saturated carbocycles. The number of nitrogens with zero attached hydrogens (tertiary/aromatic N) is 1. The van der Waals surface area contributed by atoms with Crippen molar-refractivity contribution in [3.8, 4) is 0 Å². The van der Waals surface area contributed by atoms with Gasteiger partial charge in [-0.25, -0.2) is 0 Å². The maximum atomic E-state index is 6.31. The predicted molar refractivity (Wildman–Crippen MR) is 91.7 cm³/mol. The van der Waals surface area contributed by atoms with Gasteiger partial charge in [0.2, 0.25) is 0 Å². The molecule has 3 heteroatoms. The molecule has 2 unspecified atom stereocenters. The minimum absolute atomic E-state index is 0.280. The van der Waals surface area contributed by atoms with Crippen molar-refractivity contribution in [2.75, 3.05) is 13.1 Å². The van der Waals surface area contributed by atoms with E-state index in [2.05, 4.69) is 23.3 Å². The first-order valence-corrected chi connectivity index (χ1v) is 9.66. The van der Waals surface area contributed by atoms with Gasteiger partial charge in [0.1, 0.15) is 0 Å². The van der Waals surface area contributed by atoms with Crippen LogP contribution in [0.4, 0.5) is 0 Å². The smallest absolute Gasteiger partial charge is 0.0335 e. The summed E-state index contributed by atoms with van der Waals surface area (Å²) >= 11 is 1.93. The maximum Gasteiger partial charge on any atom is 0.0335 e. The second-order valence-corrected chi connectivity index (χ2v) is 8.06. The molecule has 0 aromatic carbocycles. The molecule has 3 rings (SSSR count). The number of thiophene rings is 1. The molecule has 2 aliphatic rings. The summed E-state index contributed by atoms with van der Waals surface area (Å²) in [4.78, 5) is 4.34. The fourth-order valence-electron chi connectivity index (χ4n) is 4.46. The van der Waals surface area contributed by atoms with Gasteiger partial charge in [-0.05, 0) is 48.6 Å². The van der Waals surface area contributed by atoms with E-state index in [0.717, 1.165) is 19.0 Å². The lowest BCUT2D eigenvalue weighted by Gasteiger charge is -2.45. The molecule has 1 fully saturated rings. The first-order chi connectivity index (χ1) is 10.3. The summed E-state index contributed by atoms with van der Waals surface area (Å²) in [6, 6.07) is 2.33. The zero-order valence-corrected chi connectivity index (χ0v) is 14.3. The Morgan fingerprint density at radius 1 is 1.38 bits per heavy atom. The van der Waals surface area contributed by atoms with Crippen molar-refractivity contribution >= 4 is 11.3 Å². The molecule has 1 aromatic rings. The Labute approximate surface area is 133 Å². The van der Waals surface area contributed by atoms with Crippen molar-refractivity contribution in [2.45, 2.75) is 70.4 Å². The van der Waals surface area contributed by atoms with Gasteiger partial charge in [0.05, 0.1) is 0 Å². The van der Waals surface area contributed by atoms with Crippen molar-refractivity contribution in [3.05, 3.63) is 21.9 Å². The third-order valence-corrected chi connectivity index (χ3v) is 6.85. The minimum atomic E-state index is 0.280. The van der Waals surface area contributed by atoms with Gasteiger partial charge < -0.3 is 5.73 Å². The Morgan fingerprint density at radius 3 is 3.10 bits per heavy atom. The number of rotatable bonds is 4. The van der Waals surface area contributed by atoms with Gasteiger partial charge in [0.15, 0.2) is 0 Å². The minimum Gasteiger partial charge on any atom is -0.329 e. The third kappa shape index (κ3) is 3.20. The monoisotopic (exact) mass is 306 g/mol. The zero-order chi connectivity index (χ0) is 14.7. The average Bonchev–Trinajstić information content (AvgIpc) is 2.88. The molecule has 2 heterocycles. The fraction of sp³-hybridized carbons (Fsp3) is 0.778. The molecule has 1 aliphatic carbocycles. The van der Waals surface area contributed by atoms with Crippen LogP contribution in [0.1, 0.15) is 62.3 Å². The Morgan fingerprint density at radius 2 is 2.29 bits per heavy atom. The van der Waals surface area contributed by atoms with Crippen LogP contribution in [0.25, 0.3) is 0 Å². The molecule has 118 valence electrons. The third-order valence-electron chi connectivity index (χ3n) is 5.83. The van der Waals surface area contributed by atoms with Crippen LogP contribution >= 0.6 is 11.3 Å². The quantitative estimate of drug-likeness (QED) is 0.845. The summed E-state index contributed by atoms with van der Waals surface area (Å²) in [5, 5.41) is 2.26. The molecule has 2 atom stereocenters. The molecule has 1 aromatic heterocycles. The second kappa shape index (κ2) is 6.80. The highest BCUT2D eigenvalue weighted by Gasteiger charge is 2.38. The van der Waals surface area contributed by atoms with Crippen LogP contribution in [0.15, 0.2) is 11.4 Å². The Bertz CT molecular complexity index is 456. The molecule has 0 bridgehead atoms.